The number of carboxylic acid groups (broad SMARTS) is 2. The van der Waals surface area contributed by atoms with Crippen molar-refractivity contribution in [1.82, 2.24) is 20.2 Å². The molecule has 0 radical (unpaired) electrons. The molecule has 0 saturated carbocycles. The van der Waals surface area contributed by atoms with Crippen LogP contribution >= 0.6 is 46.0 Å². The Morgan fingerprint density at radius 3 is 2.67 bits per heavy atom. The first kappa shape index (κ1) is 30.2. The van der Waals surface area contributed by atoms with E-state index >= 15 is 0 Å². The third kappa shape index (κ3) is 6.41. The fourth-order valence-corrected chi connectivity index (χ4v) is 6.93. The number of aliphatic carboxylic acids is 2. The molecule has 2 aliphatic rings. The zero-order chi connectivity index (χ0) is 30.8. The van der Waals surface area contributed by atoms with Crippen molar-refractivity contribution in [3.05, 3.63) is 57.4 Å². The van der Waals surface area contributed by atoms with E-state index in [0.717, 1.165) is 27.1 Å². The van der Waals surface area contributed by atoms with Crippen LogP contribution in [0.3, 0.4) is 0 Å². The van der Waals surface area contributed by atoms with Crippen molar-refractivity contribution in [3.63, 3.8) is 0 Å². The molecule has 1 saturated heterocycles. The first-order valence-corrected chi connectivity index (χ1v) is 15.4. The van der Waals surface area contributed by atoms with Crippen LogP contribution in [-0.4, -0.2) is 77.8 Å². The first-order valence-electron chi connectivity index (χ1n) is 12.3. The number of anilines is 3. The summed E-state index contributed by atoms with van der Waals surface area (Å²) in [4.78, 5) is 64.1. The number of carbonyl (C=O) groups is 4. The summed E-state index contributed by atoms with van der Waals surface area (Å²) < 4.78 is 1.79. The minimum atomic E-state index is -1.41. The lowest BCUT2D eigenvalue weighted by Crippen LogP contribution is -2.71. The van der Waals surface area contributed by atoms with Gasteiger partial charge < -0.3 is 31.4 Å². The molecule has 5 heterocycles. The number of pyridine rings is 1. The van der Waals surface area contributed by atoms with Gasteiger partial charge in [-0.3, -0.25) is 14.5 Å². The first-order chi connectivity index (χ1) is 20.5. The SMILES string of the molecule is C[C@H](O/N=C(\C(=O)N[C@@H]1C(=O)N2C(C(=O)O)=C(C[n+]3ccc(Nc4nccs4)cc3)CS[C@H]12)c1nc(N)sc1Cl)C(=O)O. The topological polar surface area (TPSA) is 213 Å². The van der Waals surface area contributed by atoms with E-state index in [1.54, 1.807) is 23.2 Å². The van der Waals surface area contributed by atoms with Crippen LogP contribution in [-0.2, 0) is 30.6 Å². The molecule has 2 amide bonds. The molecule has 5 rings (SSSR count). The normalized spacial score (nSPS) is 18.9. The minimum Gasteiger partial charge on any atom is -0.478 e. The number of fused-ring (bicyclic) bond motifs is 1. The maximum Gasteiger partial charge on any atom is 0.352 e. The Kier molecular flexibility index (Phi) is 8.81. The highest BCUT2D eigenvalue weighted by Gasteiger charge is 2.55. The average molecular weight is 666 g/mol. The number of hydrogen-bond acceptors (Lipinski definition) is 13. The van der Waals surface area contributed by atoms with Crippen molar-refractivity contribution in [2.24, 2.45) is 5.16 Å². The van der Waals surface area contributed by atoms with Crippen LogP contribution in [0, 0.1) is 0 Å². The van der Waals surface area contributed by atoms with Crippen LogP contribution < -0.4 is 20.9 Å². The molecule has 0 aliphatic carbocycles. The van der Waals surface area contributed by atoms with Gasteiger partial charge in [-0.2, -0.15) is 0 Å². The lowest BCUT2D eigenvalue weighted by atomic mass is 10.0. The number of nitrogens with zero attached hydrogens (tertiary/aromatic N) is 5. The van der Waals surface area contributed by atoms with Gasteiger partial charge in [-0.25, -0.2) is 24.1 Å². The number of thioether (sulfide) groups is 1. The molecule has 0 spiro atoms. The third-order valence-electron chi connectivity index (χ3n) is 6.18. The Morgan fingerprint density at radius 1 is 1.33 bits per heavy atom. The summed E-state index contributed by atoms with van der Waals surface area (Å²) in [6.07, 6.45) is 3.85. The predicted octanol–water partition coefficient (Wildman–Crippen LogP) is 1.50. The van der Waals surface area contributed by atoms with Gasteiger partial charge in [-0.15, -0.1) is 23.1 Å². The molecule has 43 heavy (non-hydrogen) atoms. The van der Waals surface area contributed by atoms with Gasteiger partial charge in [-0.05, 0) is 6.92 Å². The second-order valence-corrected chi connectivity index (χ2v) is 12.7. The number of carbonyl (C=O) groups excluding carboxylic acids is 2. The number of hydrogen-bond donors (Lipinski definition) is 5. The molecule has 3 aromatic heterocycles. The maximum absolute atomic E-state index is 13.2. The van der Waals surface area contributed by atoms with E-state index in [4.69, 9.17) is 27.3 Å². The summed E-state index contributed by atoms with van der Waals surface area (Å²) in [6.45, 7) is 1.42. The summed E-state index contributed by atoms with van der Waals surface area (Å²) in [7, 11) is 0. The molecule has 0 unspecified atom stereocenters. The number of rotatable bonds is 11. The molecule has 0 bridgehead atoms. The van der Waals surface area contributed by atoms with Crippen molar-refractivity contribution < 1.29 is 38.8 Å². The number of amides is 2. The van der Waals surface area contributed by atoms with Gasteiger partial charge in [0.2, 0.25) is 6.10 Å². The highest BCUT2D eigenvalue weighted by Crippen LogP contribution is 2.40. The fourth-order valence-electron chi connectivity index (χ4n) is 4.12. The number of nitrogen functional groups attached to an aromatic ring is 1. The zero-order valence-corrected chi connectivity index (χ0v) is 25.2. The fraction of sp³-hybridized carbons (Fsp3) is 0.250. The van der Waals surface area contributed by atoms with Gasteiger partial charge in [0.05, 0.1) is 5.69 Å². The minimum absolute atomic E-state index is 0.00294. The number of oxime groups is 1. The Labute approximate surface area is 260 Å². The molecular weight excluding hydrogens is 644 g/mol. The highest BCUT2D eigenvalue weighted by molar-refractivity contribution is 8.00. The number of aromatic nitrogens is 3. The van der Waals surface area contributed by atoms with E-state index in [9.17, 15) is 24.3 Å². The Morgan fingerprint density at radius 2 is 2.07 bits per heavy atom. The summed E-state index contributed by atoms with van der Waals surface area (Å²) in [5.41, 5.74) is 6.21. The summed E-state index contributed by atoms with van der Waals surface area (Å²) in [5.74, 6) is -3.90. The zero-order valence-electron chi connectivity index (χ0n) is 22.0. The van der Waals surface area contributed by atoms with E-state index in [1.807, 2.05) is 17.5 Å². The maximum atomic E-state index is 13.2. The molecule has 1 fully saturated rings. The molecule has 3 aromatic rings. The van der Waals surface area contributed by atoms with E-state index in [1.165, 1.54) is 30.0 Å². The van der Waals surface area contributed by atoms with Gasteiger partial charge in [0.25, 0.3) is 11.8 Å². The van der Waals surface area contributed by atoms with Gasteiger partial charge >= 0.3 is 11.9 Å². The van der Waals surface area contributed by atoms with E-state index in [2.05, 4.69) is 25.8 Å². The molecule has 224 valence electrons. The molecule has 19 heteroatoms. The van der Waals surface area contributed by atoms with Crippen LogP contribution in [0.4, 0.5) is 16.0 Å². The number of nitrogens with two attached hydrogens (primary N) is 1. The third-order valence-corrected chi connectivity index (χ3v) is 9.29. The Balaban J connectivity index is 1.31. The smallest absolute Gasteiger partial charge is 0.352 e. The van der Waals surface area contributed by atoms with Crippen molar-refractivity contribution in [3.8, 4) is 0 Å². The number of carboxylic acids is 2. The average Bonchev–Trinajstić information content (AvgIpc) is 3.60. The highest BCUT2D eigenvalue weighted by atomic mass is 35.5. The van der Waals surface area contributed by atoms with Gasteiger partial charge in [0, 0.05) is 35.0 Å². The van der Waals surface area contributed by atoms with Crippen molar-refractivity contribution in [2.75, 3.05) is 16.8 Å². The van der Waals surface area contributed by atoms with Gasteiger partial charge in [0.1, 0.15) is 27.1 Å². The van der Waals surface area contributed by atoms with E-state index in [-0.39, 0.29) is 33.2 Å². The summed E-state index contributed by atoms with van der Waals surface area (Å²) in [5, 5.41) is 30.4. The Hall–Kier alpha value is -4.26. The molecule has 15 nitrogen and oxygen atoms in total. The molecule has 6 N–H and O–H groups in total. The number of β-lactam (4-membered cyclic amide) rings is 1. The number of nitrogens with one attached hydrogen (secondary N) is 2. The molecule has 2 aliphatic heterocycles. The van der Waals surface area contributed by atoms with Gasteiger partial charge in [0.15, 0.2) is 34.9 Å². The Bertz CT molecular complexity index is 1640. The van der Waals surface area contributed by atoms with Crippen molar-refractivity contribution in [2.45, 2.75) is 31.0 Å². The standard InChI is InChI=1S/C24H21ClN8O7S3/c1-10(21(36)37)40-31-14(13-17(25)43-23(26)30-13)18(34)29-15-19(35)33-16(22(38)39)11(9-42-20(15)33)8-32-5-2-12(3-6-32)28-24-27-4-7-41-24/h2-7,10,15,20H,8-9H2,1H3,(H5,26,29,30,34,36,37,38,39)/p+1/b31-14-/t10-,15+,20+/m0/s1. The molecule has 0 aromatic carbocycles. The van der Waals surface area contributed by atoms with E-state index < -0.39 is 47.0 Å². The predicted molar refractivity (Wildman–Crippen MR) is 158 cm³/mol. The van der Waals surface area contributed by atoms with Crippen molar-refractivity contribution >= 4 is 91.5 Å². The molecule has 3 atom stereocenters. The summed E-state index contributed by atoms with van der Waals surface area (Å²) >= 11 is 9.75. The lowest BCUT2D eigenvalue weighted by Gasteiger charge is -2.49. The quantitative estimate of drug-likeness (QED) is 0.0853. The van der Waals surface area contributed by atoms with Gasteiger partial charge in [-0.1, -0.05) is 28.1 Å². The molecular formula is C24H22ClN8O7S3+. The van der Waals surface area contributed by atoms with E-state index in [0.29, 0.717) is 5.57 Å². The van der Waals surface area contributed by atoms with Crippen LogP contribution in [0.2, 0.25) is 4.34 Å². The summed E-state index contributed by atoms with van der Waals surface area (Å²) in [6, 6.07) is 2.54. The van der Waals surface area contributed by atoms with Crippen LogP contribution in [0.1, 0.15) is 12.6 Å². The lowest BCUT2D eigenvalue weighted by molar-refractivity contribution is -0.688. The van der Waals surface area contributed by atoms with Crippen molar-refractivity contribution in [1.29, 1.82) is 0 Å². The van der Waals surface area contributed by atoms with Crippen LogP contribution in [0.5, 0.6) is 0 Å². The number of halogens is 1. The monoisotopic (exact) mass is 665 g/mol. The van der Waals surface area contributed by atoms with Crippen LogP contribution in [0.15, 0.2) is 52.5 Å². The number of thiazole rings is 2. The second-order valence-electron chi connectivity index (χ2n) is 9.04. The second kappa shape index (κ2) is 12.5. The van der Waals surface area contributed by atoms with Crippen LogP contribution in [0.25, 0.3) is 0 Å². The largest absolute Gasteiger partial charge is 0.478 e.